The molecule has 32 heavy (non-hydrogen) atoms. The normalized spacial score (nSPS) is 14.2. The Kier molecular flexibility index (Phi) is 6.76. The minimum Gasteiger partial charge on any atom is -0.418 e. The average molecular weight is 502 g/mol. The van der Waals surface area contributed by atoms with Crippen LogP contribution in [-0.2, 0) is 9.59 Å². The third kappa shape index (κ3) is 4.52. The van der Waals surface area contributed by atoms with Crippen molar-refractivity contribution in [3.63, 3.8) is 0 Å². The van der Waals surface area contributed by atoms with Crippen LogP contribution in [0.3, 0.4) is 0 Å². The monoisotopic (exact) mass is 502 g/mol. The molecule has 0 unspecified atom stereocenters. The van der Waals surface area contributed by atoms with E-state index in [1.807, 2.05) is 0 Å². The lowest BCUT2D eigenvalue weighted by Gasteiger charge is -2.27. The molecule has 1 aromatic rings. The van der Waals surface area contributed by atoms with Gasteiger partial charge in [0.15, 0.2) is 11.5 Å². The molecule has 0 aromatic heterocycles. The molecule has 0 aliphatic carbocycles. The van der Waals surface area contributed by atoms with Crippen molar-refractivity contribution in [1.29, 1.82) is 0 Å². The van der Waals surface area contributed by atoms with E-state index < -0.39 is 59.5 Å². The Hall–Kier alpha value is -2.82. The van der Waals surface area contributed by atoms with Crippen LogP contribution in [0, 0.1) is 0 Å². The largest absolute Gasteiger partial charge is 0.460 e. The maximum Gasteiger partial charge on any atom is 0.460 e. The Bertz CT molecular complexity index is 800. The van der Waals surface area contributed by atoms with Gasteiger partial charge in [-0.05, 0) is 12.1 Å². The molecule has 0 atom stereocenters. The number of ether oxygens (including phenoxy) is 2. The average Bonchev–Trinajstić information content (AvgIpc) is 2.60. The van der Waals surface area contributed by atoms with Gasteiger partial charge < -0.3 is 9.47 Å². The molecule has 0 radical (unpaired) electrons. The van der Waals surface area contributed by atoms with Gasteiger partial charge in [0.1, 0.15) is 0 Å². The van der Waals surface area contributed by atoms with E-state index in [1.54, 1.807) is 0 Å². The second kappa shape index (κ2) is 7.95. The van der Waals surface area contributed by atoms with Crippen LogP contribution in [0.1, 0.15) is 0 Å². The lowest BCUT2D eigenvalue weighted by molar-refractivity contribution is -0.347. The second-order valence-corrected chi connectivity index (χ2v) is 5.52. The third-order valence-corrected chi connectivity index (χ3v) is 3.27. The first-order chi connectivity index (χ1) is 14.0. The van der Waals surface area contributed by atoms with Crippen LogP contribution in [0.2, 0.25) is 0 Å². The molecule has 0 aliphatic heterocycles. The molecule has 1 aromatic carbocycles. The van der Waals surface area contributed by atoms with Crippen LogP contribution < -0.4 is 9.47 Å². The Balaban J connectivity index is 3.25. The van der Waals surface area contributed by atoms with Gasteiger partial charge in [0.05, 0.1) is 0 Å². The summed E-state index contributed by atoms with van der Waals surface area (Å²) in [6.45, 7) is 0. The highest BCUT2D eigenvalue weighted by Gasteiger charge is 2.78. The highest BCUT2D eigenvalue weighted by Crippen LogP contribution is 2.49. The summed E-state index contributed by atoms with van der Waals surface area (Å²) >= 11 is 0. The molecule has 0 saturated heterocycles. The molecule has 0 spiro atoms. The maximum atomic E-state index is 13.3. The zero-order valence-electron chi connectivity index (χ0n) is 14.2. The quantitative estimate of drug-likeness (QED) is 0.307. The Morgan fingerprint density at radius 1 is 0.531 bits per heavy atom. The molecule has 182 valence electrons. The lowest BCUT2D eigenvalue weighted by atomic mass is 10.1. The fourth-order valence-electron chi connectivity index (χ4n) is 1.56. The number of alkyl halides is 14. The summed E-state index contributed by atoms with van der Waals surface area (Å²) in [5.41, 5.74) is 0. The van der Waals surface area contributed by atoms with E-state index >= 15 is 0 Å². The van der Waals surface area contributed by atoms with Crippen molar-refractivity contribution < 1.29 is 80.5 Å². The minimum atomic E-state index is -7.02. The second-order valence-electron chi connectivity index (χ2n) is 5.52. The Morgan fingerprint density at radius 2 is 0.781 bits per heavy atom. The van der Waals surface area contributed by atoms with Gasteiger partial charge in [-0.2, -0.15) is 61.5 Å². The number of rotatable bonds is 6. The first-order valence-electron chi connectivity index (χ1n) is 7.20. The summed E-state index contributed by atoms with van der Waals surface area (Å²) in [5.74, 6) is -38.2. The van der Waals surface area contributed by atoms with Crippen LogP contribution in [0.25, 0.3) is 0 Å². The molecular formula is C14H4F14O4. The first-order valence-corrected chi connectivity index (χ1v) is 7.20. The van der Waals surface area contributed by atoms with E-state index in [-0.39, 0.29) is 12.1 Å². The zero-order chi connectivity index (χ0) is 25.6. The fourth-order valence-corrected chi connectivity index (χ4v) is 1.56. The predicted molar refractivity (Wildman–Crippen MR) is 69.6 cm³/mol. The van der Waals surface area contributed by atoms with Crippen LogP contribution in [0.5, 0.6) is 11.5 Å². The summed E-state index contributed by atoms with van der Waals surface area (Å²) in [4.78, 5) is 22.3. The van der Waals surface area contributed by atoms with Gasteiger partial charge in [-0.15, -0.1) is 0 Å². The van der Waals surface area contributed by atoms with Crippen LogP contribution in [0.15, 0.2) is 24.3 Å². The molecule has 0 saturated carbocycles. The van der Waals surface area contributed by atoms with Gasteiger partial charge in [0.25, 0.3) is 0 Å². The van der Waals surface area contributed by atoms with Crippen molar-refractivity contribution in [3.05, 3.63) is 24.3 Å². The number of halogens is 14. The molecule has 0 heterocycles. The van der Waals surface area contributed by atoms with E-state index in [4.69, 9.17) is 0 Å². The molecule has 0 aliphatic rings. The Labute approximate surface area is 165 Å². The van der Waals surface area contributed by atoms with E-state index in [0.29, 0.717) is 12.1 Å². The summed E-state index contributed by atoms with van der Waals surface area (Å²) in [5, 5.41) is 0. The van der Waals surface area contributed by atoms with E-state index in [1.165, 1.54) is 0 Å². The smallest absolute Gasteiger partial charge is 0.418 e. The fraction of sp³-hybridized carbons (Fsp3) is 0.429. The molecule has 18 heteroatoms. The van der Waals surface area contributed by atoms with Crippen molar-refractivity contribution in [2.24, 2.45) is 0 Å². The SMILES string of the molecule is O=C(Oc1ccccc1OC(=O)C(F)(F)C(F)(F)C(F)(F)F)C(F)(F)C(F)(F)C(F)(F)F. The molecule has 4 nitrogen and oxygen atoms in total. The van der Waals surface area contributed by atoms with Crippen LogP contribution in [-0.4, -0.2) is 48.0 Å². The third-order valence-electron chi connectivity index (χ3n) is 3.27. The summed E-state index contributed by atoms with van der Waals surface area (Å²) < 4.78 is 184. The maximum absolute atomic E-state index is 13.3. The molecule has 0 bridgehead atoms. The summed E-state index contributed by atoms with van der Waals surface area (Å²) in [6.07, 6.45) is -14.0. The number of para-hydroxylation sites is 2. The molecule has 0 amide bonds. The first kappa shape index (κ1) is 27.2. The van der Waals surface area contributed by atoms with Crippen molar-refractivity contribution in [2.75, 3.05) is 0 Å². The number of esters is 2. The zero-order valence-corrected chi connectivity index (χ0v) is 14.2. The van der Waals surface area contributed by atoms with Crippen molar-refractivity contribution in [2.45, 2.75) is 36.0 Å². The molecule has 0 N–H and O–H groups in total. The van der Waals surface area contributed by atoms with Crippen molar-refractivity contribution in [1.82, 2.24) is 0 Å². The number of carbonyl (C=O) groups excluding carboxylic acids is 2. The minimum absolute atomic E-state index is 0.155. The molecular weight excluding hydrogens is 498 g/mol. The number of hydrogen-bond acceptors (Lipinski definition) is 4. The van der Waals surface area contributed by atoms with E-state index in [2.05, 4.69) is 9.47 Å². The van der Waals surface area contributed by atoms with Gasteiger partial charge in [-0.3, -0.25) is 0 Å². The number of benzene rings is 1. The van der Waals surface area contributed by atoms with Crippen LogP contribution in [0.4, 0.5) is 61.5 Å². The Morgan fingerprint density at radius 3 is 1.00 bits per heavy atom. The van der Waals surface area contributed by atoms with Crippen molar-refractivity contribution >= 4 is 11.9 Å². The van der Waals surface area contributed by atoms with Gasteiger partial charge in [0.2, 0.25) is 0 Å². The molecule has 1 rings (SSSR count). The summed E-state index contributed by atoms with van der Waals surface area (Å²) in [7, 11) is 0. The standard InChI is InChI=1S/C14H4F14O4/c15-9(16,11(19,20)13(23,24)25)7(29)31-5-3-1-2-4-6(5)32-8(30)10(17,18)12(21,22)14(26,27)28/h1-4H. The van der Waals surface area contributed by atoms with Crippen LogP contribution >= 0.6 is 0 Å². The highest BCUT2D eigenvalue weighted by atomic mass is 19.4. The van der Waals surface area contributed by atoms with Gasteiger partial charge in [-0.25, -0.2) is 9.59 Å². The lowest BCUT2D eigenvalue weighted by Crippen LogP contribution is -2.57. The predicted octanol–water partition coefficient (Wildman–Crippen LogP) is 5.16. The molecule has 0 fully saturated rings. The van der Waals surface area contributed by atoms with Gasteiger partial charge >= 0.3 is 48.0 Å². The van der Waals surface area contributed by atoms with Gasteiger partial charge in [-0.1, -0.05) is 12.1 Å². The number of carbonyl (C=O) groups is 2. The van der Waals surface area contributed by atoms with Crippen molar-refractivity contribution in [3.8, 4) is 11.5 Å². The van der Waals surface area contributed by atoms with E-state index in [9.17, 15) is 71.1 Å². The van der Waals surface area contributed by atoms with E-state index in [0.717, 1.165) is 0 Å². The summed E-state index contributed by atoms with van der Waals surface area (Å²) in [6, 6.07) is 1.51. The van der Waals surface area contributed by atoms with Gasteiger partial charge in [0, 0.05) is 0 Å². The highest BCUT2D eigenvalue weighted by molar-refractivity contribution is 5.84. The topological polar surface area (TPSA) is 52.6 Å². The number of hydrogen-bond donors (Lipinski definition) is 0.